The maximum Gasteiger partial charge on any atom is 0.272 e. The largest absolute Gasteiger partial charge is 0.379 e. The minimum absolute atomic E-state index is 0.0990. The second-order valence-electron chi connectivity index (χ2n) is 6.62. The molecule has 134 valence electrons. The Labute approximate surface area is 153 Å². The number of aryl methyl sites for hydroxylation is 2. The lowest BCUT2D eigenvalue weighted by atomic mass is 10.0. The van der Waals surface area contributed by atoms with Gasteiger partial charge in [0.05, 0.1) is 11.8 Å². The molecular weight excluding hydrogens is 334 g/mol. The fourth-order valence-corrected chi connectivity index (χ4v) is 4.05. The number of hydrogen-bond donors (Lipinski definition) is 1. The van der Waals surface area contributed by atoms with Crippen molar-refractivity contribution >= 4 is 17.7 Å². The van der Waals surface area contributed by atoms with Gasteiger partial charge in [-0.1, -0.05) is 11.6 Å². The van der Waals surface area contributed by atoms with Gasteiger partial charge in [-0.15, -0.1) is 11.8 Å². The fraction of sp³-hybridized carbons (Fsp3) is 0.474. The third kappa shape index (κ3) is 3.90. The molecule has 0 spiro atoms. The first-order valence-corrected chi connectivity index (χ1v) is 9.65. The van der Waals surface area contributed by atoms with E-state index >= 15 is 0 Å². The van der Waals surface area contributed by atoms with Crippen LogP contribution < -0.4 is 5.32 Å². The van der Waals surface area contributed by atoms with Crippen molar-refractivity contribution in [1.29, 1.82) is 0 Å². The quantitative estimate of drug-likeness (QED) is 0.802. The van der Waals surface area contributed by atoms with E-state index in [0.29, 0.717) is 18.8 Å². The zero-order valence-electron chi connectivity index (χ0n) is 15.3. The number of nitrogens with zero attached hydrogens (tertiary/aromatic N) is 2. The number of aromatic nitrogens is 2. The molecule has 0 saturated carbocycles. The van der Waals surface area contributed by atoms with Crippen LogP contribution in [0.3, 0.4) is 0 Å². The summed E-state index contributed by atoms with van der Waals surface area (Å²) in [5, 5.41) is 7.48. The van der Waals surface area contributed by atoms with Crippen LogP contribution in [0.4, 0.5) is 0 Å². The summed E-state index contributed by atoms with van der Waals surface area (Å²) in [6, 6.07) is 6.45. The van der Waals surface area contributed by atoms with E-state index in [-0.39, 0.29) is 12.0 Å². The Morgan fingerprint density at radius 3 is 3.00 bits per heavy atom. The molecule has 0 atom stereocenters. The van der Waals surface area contributed by atoms with Crippen molar-refractivity contribution in [2.75, 3.05) is 13.2 Å². The van der Waals surface area contributed by atoms with Gasteiger partial charge >= 0.3 is 0 Å². The van der Waals surface area contributed by atoms with Crippen LogP contribution in [-0.2, 0) is 17.5 Å². The Bertz CT molecular complexity index is 783. The number of amides is 1. The lowest BCUT2D eigenvalue weighted by Crippen LogP contribution is -2.27. The number of nitrogens with one attached hydrogen (secondary N) is 1. The lowest BCUT2D eigenvalue weighted by molar-refractivity contribution is 0.0756. The Hall–Kier alpha value is -1.79. The second kappa shape index (κ2) is 7.62. The van der Waals surface area contributed by atoms with Gasteiger partial charge in [0.2, 0.25) is 0 Å². The van der Waals surface area contributed by atoms with Crippen molar-refractivity contribution < 1.29 is 9.53 Å². The van der Waals surface area contributed by atoms with Crippen molar-refractivity contribution in [3.8, 4) is 11.3 Å². The summed E-state index contributed by atoms with van der Waals surface area (Å²) in [6.45, 7) is 7.36. The van der Waals surface area contributed by atoms with E-state index in [0.717, 1.165) is 23.4 Å². The van der Waals surface area contributed by atoms with Gasteiger partial charge in [0.1, 0.15) is 0 Å². The number of benzene rings is 1. The number of carbonyl (C=O) groups is 1. The van der Waals surface area contributed by atoms with Gasteiger partial charge in [0, 0.05) is 42.0 Å². The van der Waals surface area contributed by atoms with Crippen LogP contribution in [-0.4, -0.2) is 34.9 Å². The molecule has 1 aromatic heterocycles. The number of ether oxygens (including phenoxy) is 1. The van der Waals surface area contributed by atoms with Gasteiger partial charge in [-0.2, -0.15) is 5.10 Å². The molecule has 25 heavy (non-hydrogen) atoms. The SMILES string of the molecule is Cc1ccc2c(c1)-c1c(c(C(=O)NCCCOC(C)C)nn1C)CS2. The smallest absolute Gasteiger partial charge is 0.272 e. The van der Waals surface area contributed by atoms with Gasteiger partial charge in [-0.3, -0.25) is 9.48 Å². The van der Waals surface area contributed by atoms with Crippen LogP contribution in [0.1, 0.15) is 41.9 Å². The third-order valence-electron chi connectivity index (χ3n) is 4.18. The van der Waals surface area contributed by atoms with E-state index in [1.165, 1.54) is 16.0 Å². The molecule has 0 bridgehead atoms. The molecule has 2 aromatic rings. The van der Waals surface area contributed by atoms with E-state index in [1.807, 2.05) is 25.6 Å². The van der Waals surface area contributed by atoms with E-state index in [1.54, 1.807) is 11.8 Å². The van der Waals surface area contributed by atoms with E-state index < -0.39 is 0 Å². The molecule has 1 aromatic carbocycles. The molecule has 1 aliphatic rings. The second-order valence-corrected chi connectivity index (χ2v) is 7.63. The molecule has 0 radical (unpaired) electrons. The zero-order chi connectivity index (χ0) is 18.0. The highest BCUT2D eigenvalue weighted by atomic mass is 32.2. The molecular formula is C19H25N3O2S. The molecule has 0 aliphatic carbocycles. The molecule has 1 amide bonds. The number of rotatable bonds is 6. The van der Waals surface area contributed by atoms with Crippen LogP contribution in [0.15, 0.2) is 23.1 Å². The molecule has 5 nitrogen and oxygen atoms in total. The van der Waals surface area contributed by atoms with Gasteiger partial charge in [0.15, 0.2) is 5.69 Å². The summed E-state index contributed by atoms with van der Waals surface area (Å²) in [6.07, 6.45) is 1.02. The average molecular weight is 359 g/mol. The molecule has 2 heterocycles. The first-order valence-electron chi connectivity index (χ1n) is 8.67. The molecule has 3 rings (SSSR count). The van der Waals surface area contributed by atoms with Crippen LogP contribution in [0.5, 0.6) is 0 Å². The first kappa shape index (κ1) is 18.0. The third-order valence-corrected chi connectivity index (χ3v) is 5.28. The Kier molecular flexibility index (Phi) is 5.49. The molecule has 0 saturated heterocycles. The maximum atomic E-state index is 12.6. The summed E-state index contributed by atoms with van der Waals surface area (Å²) < 4.78 is 7.34. The lowest BCUT2D eigenvalue weighted by Gasteiger charge is -2.17. The summed E-state index contributed by atoms with van der Waals surface area (Å²) in [7, 11) is 1.91. The monoisotopic (exact) mass is 359 g/mol. The highest BCUT2D eigenvalue weighted by Gasteiger charge is 2.27. The van der Waals surface area contributed by atoms with Crippen LogP contribution in [0, 0.1) is 6.92 Å². The van der Waals surface area contributed by atoms with E-state index in [4.69, 9.17) is 4.74 Å². The fourth-order valence-electron chi connectivity index (χ4n) is 3.01. The van der Waals surface area contributed by atoms with E-state index in [2.05, 4.69) is 35.5 Å². The van der Waals surface area contributed by atoms with Crippen molar-refractivity contribution in [2.45, 2.75) is 43.9 Å². The number of hydrogen-bond acceptors (Lipinski definition) is 4. The molecule has 6 heteroatoms. The molecule has 0 unspecified atom stereocenters. The highest BCUT2D eigenvalue weighted by molar-refractivity contribution is 7.98. The van der Waals surface area contributed by atoms with Crippen LogP contribution in [0.25, 0.3) is 11.3 Å². The minimum atomic E-state index is -0.0990. The zero-order valence-corrected chi connectivity index (χ0v) is 16.1. The average Bonchev–Trinajstić information content (AvgIpc) is 2.91. The van der Waals surface area contributed by atoms with Crippen LogP contribution >= 0.6 is 11.8 Å². The van der Waals surface area contributed by atoms with Crippen molar-refractivity contribution in [3.05, 3.63) is 35.0 Å². The highest BCUT2D eigenvalue weighted by Crippen LogP contribution is 2.42. The van der Waals surface area contributed by atoms with Crippen LogP contribution in [0.2, 0.25) is 0 Å². The van der Waals surface area contributed by atoms with Gasteiger partial charge in [-0.25, -0.2) is 0 Å². The summed E-state index contributed by atoms with van der Waals surface area (Å²) >= 11 is 1.77. The first-order chi connectivity index (χ1) is 12.0. The number of fused-ring (bicyclic) bond motifs is 3. The molecule has 0 fully saturated rings. The predicted molar refractivity (Wildman–Crippen MR) is 101 cm³/mol. The Balaban J connectivity index is 1.75. The van der Waals surface area contributed by atoms with Crippen molar-refractivity contribution in [3.63, 3.8) is 0 Å². The topological polar surface area (TPSA) is 56.1 Å². The summed E-state index contributed by atoms with van der Waals surface area (Å²) in [5.41, 5.74) is 5.02. The standard InChI is InChI=1S/C19H25N3O2S/c1-12(2)24-9-5-8-20-19(23)17-15-11-25-16-7-6-13(3)10-14(16)18(15)22(4)21-17/h6-7,10,12H,5,8-9,11H2,1-4H3,(H,20,23). The van der Waals surface area contributed by atoms with Gasteiger partial charge < -0.3 is 10.1 Å². The Morgan fingerprint density at radius 1 is 1.44 bits per heavy atom. The molecule has 1 N–H and O–H groups in total. The normalized spacial score (nSPS) is 12.8. The maximum absolute atomic E-state index is 12.6. The number of thioether (sulfide) groups is 1. The van der Waals surface area contributed by atoms with Gasteiger partial charge in [-0.05, 0) is 39.3 Å². The van der Waals surface area contributed by atoms with E-state index in [9.17, 15) is 4.79 Å². The molecule has 1 aliphatic heterocycles. The minimum Gasteiger partial charge on any atom is -0.379 e. The van der Waals surface area contributed by atoms with Crippen molar-refractivity contribution in [1.82, 2.24) is 15.1 Å². The number of carbonyl (C=O) groups excluding carboxylic acids is 1. The predicted octanol–water partition coefficient (Wildman–Crippen LogP) is 3.55. The Morgan fingerprint density at radius 2 is 2.24 bits per heavy atom. The van der Waals surface area contributed by atoms with Crippen molar-refractivity contribution in [2.24, 2.45) is 7.05 Å². The van der Waals surface area contributed by atoms with Gasteiger partial charge in [0.25, 0.3) is 5.91 Å². The summed E-state index contributed by atoms with van der Waals surface area (Å²) in [5.74, 6) is 0.677. The summed E-state index contributed by atoms with van der Waals surface area (Å²) in [4.78, 5) is 13.8.